The molecule has 2 amide bonds. The molecule has 0 atom stereocenters. The zero-order chi connectivity index (χ0) is 23.2. The van der Waals surface area contributed by atoms with Gasteiger partial charge in [0.05, 0.1) is 27.7 Å². The number of carbonyl (C=O) groups is 3. The van der Waals surface area contributed by atoms with Gasteiger partial charge in [-0.15, -0.1) is 0 Å². The SMILES string of the molecule is CCCOC(=O)c1ccc(N2C(=O)C(Sc3ccccc3)=C(Sc3ccccc3)C2=O)cc1. The third-order valence-electron chi connectivity index (χ3n) is 4.73. The third kappa shape index (κ3) is 5.21. The van der Waals surface area contributed by atoms with Crippen LogP contribution in [0.2, 0.25) is 0 Å². The van der Waals surface area contributed by atoms with E-state index < -0.39 is 5.97 Å². The summed E-state index contributed by atoms with van der Waals surface area (Å²) < 4.78 is 5.15. The van der Waals surface area contributed by atoms with Crippen LogP contribution in [0.25, 0.3) is 0 Å². The number of rotatable bonds is 8. The van der Waals surface area contributed by atoms with Crippen molar-refractivity contribution in [3.8, 4) is 0 Å². The number of ether oxygens (including phenoxy) is 1. The summed E-state index contributed by atoms with van der Waals surface area (Å²) >= 11 is 2.56. The summed E-state index contributed by atoms with van der Waals surface area (Å²) in [6, 6.07) is 25.3. The Labute approximate surface area is 200 Å². The third-order valence-corrected chi connectivity index (χ3v) is 7.04. The highest BCUT2D eigenvalue weighted by molar-refractivity contribution is 8.08. The molecule has 0 aromatic heterocycles. The van der Waals surface area contributed by atoms with Crippen LogP contribution in [0.1, 0.15) is 23.7 Å². The van der Waals surface area contributed by atoms with Gasteiger partial charge in [0.2, 0.25) is 0 Å². The Kier molecular flexibility index (Phi) is 7.32. The van der Waals surface area contributed by atoms with Gasteiger partial charge >= 0.3 is 5.97 Å². The average Bonchev–Trinajstić information content (AvgIpc) is 3.08. The van der Waals surface area contributed by atoms with Gasteiger partial charge < -0.3 is 4.74 Å². The Balaban J connectivity index is 1.64. The van der Waals surface area contributed by atoms with Crippen molar-refractivity contribution in [2.75, 3.05) is 11.5 Å². The molecule has 5 nitrogen and oxygen atoms in total. The maximum absolute atomic E-state index is 13.4. The van der Waals surface area contributed by atoms with E-state index >= 15 is 0 Å². The van der Waals surface area contributed by atoms with Crippen LogP contribution in [-0.4, -0.2) is 24.4 Å². The van der Waals surface area contributed by atoms with Gasteiger partial charge in [-0.2, -0.15) is 0 Å². The summed E-state index contributed by atoms with van der Waals surface area (Å²) in [6.45, 7) is 2.26. The lowest BCUT2D eigenvalue weighted by Crippen LogP contribution is -2.31. The second-order valence-corrected chi connectivity index (χ2v) is 9.28. The number of amides is 2. The van der Waals surface area contributed by atoms with E-state index in [0.29, 0.717) is 27.7 Å². The predicted molar refractivity (Wildman–Crippen MR) is 131 cm³/mol. The molecule has 1 aliphatic heterocycles. The molecule has 0 N–H and O–H groups in total. The van der Waals surface area contributed by atoms with Crippen molar-refractivity contribution in [2.45, 2.75) is 23.1 Å². The maximum atomic E-state index is 13.4. The first-order chi connectivity index (χ1) is 16.1. The number of benzene rings is 3. The molecular formula is C26H21NO4S2. The minimum Gasteiger partial charge on any atom is -0.462 e. The Bertz CT molecular complexity index is 1130. The Morgan fingerprint density at radius 2 is 1.24 bits per heavy atom. The number of carbonyl (C=O) groups excluding carboxylic acids is 3. The van der Waals surface area contributed by atoms with Gasteiger partial charge in [-0.05, 0) is 55.0 Å². The highest BCUT2D eigenvalue weighted by Crippen LogP contribution is 2.43. The molecule has 0 fully saturated rings. The van der Waals surface area contributed by atoms with Crippen LogP contribution in [0.4, 0.5) is 5.69 Å². The summed E-state index contributed by atoms with van der Waals surface area (Å²) in [7, 11) is 0. The Morgan fingerprint density at radius 1 is 0.758 bits per heavy atom. The molecule has 166 valence electrons. The second-order valence-electron chi connectivity index (χ2n) is 7.12. The molecule has 0 saturated heterocycles. The molecule has 0 unspecified atom stereocenters. The monoisotopic (exact) mass is 475 g/mol. The summed E-state index contributed by atoms with van der Waals surface area (Å²) in [4.78, 5) is 42.6. The van der Waals surface area contributed by atoms with E-state index in [1.165, 1.54) is 23.5 Å². The van der Waals surface area contributed by atoms with E-state index in [1.807, 2.05) is 67.6 Å². The van der Waals surface area contributed by atoms with Gasteiger partial charge in [0.15, 0.2) is 0 Å². The van der Waals surface area contributed by atoms with Crippen LogP contribution < -0.4 is 4.90 Å². The standard InChI is InChI=1S/C26H21NO4S2/c1-2-17-31-26(30)18-13-15-19(16-14-18)27-24(28)22(32-20-9-5-3-6-10-20)23(25(27)29)33-21-11-7-4-8-12-21/h3-16H,2,17H2,1H3. The highest BCUT2D eigenvalue weighted by Gasteiger charge is 2.40. The molecule has 4 rings (SSSR count). The second kappa shape index (κ2) is 10.6. The van der Waals surface area contributed by atoms with Crippen LogP contribution in [0, 0.1) is 0 Å². The Morgan fingerprint density at radius 3 is 1.70 bits per heavy atom. The Hall–Kier alpha value is -3.29. The van der Waals surface area contributed by atoms with E-state index in [-0.39, 0.29) is 11.8 Å². The molecule has 3 aromatic rings. The van der Waals surface area contributed by atoms with Gasteiger partial charge in [-0.25, -0.2) is 9.69 Å². The van der Waals surface area contributed by atoms with E-state index in [0.717, 1.165) is 21.1 Å². The predicted octanol–water partition coefficient (Wildman–Crippen LogP) is 5.92. The number of anilines is 1. The van der Waals surface area contributed by atoms with Crippen molar-refractivity contribution in [2.24, 2.45) is 0 Å². The number of imide groups is 1. The topological polar surface area (TPSA) is 63.7 Å². The summed E-state index contributed by atoms with van der Waals surface area (Å²) in [5.74, 6) is -1.19. The van der Waals surface area contributed by atoms with E-state index in [2.05, 4.69) is 0 Å². The van der Waals surface area contributed by atoms with Gasteiger partial charge in [0.25, 0.3) is 11.8 Å². The van der Waals surface area contributed by atoms with E-state index in [9.17, 15) is 14.4 Å². The lowest BCUT2D eigenvalue weighted by atomic mass is 10.2. The van der Waals surface area contributed by atoms with Crippen LogP contribution >= 0.6 is 23.5 Å². The van der Waals surface area contributed by atoms with Crippen molar-refractivity contribution >= 4 is 47.0 Å². The number of thioether (sulfide) groups is 2. The summed E-state index contributed by atoms with van der Waals surface area (Å²) in [5, 5.41) is 0. The van der Waals surface area contributed by atoms with Crippen LogP contribution in [-0.2, 0) is 14.3 Å². The van der Waals surface area contributed by atoms with Crippen molar-refractivity contribution < 1.29 is 19.1 Å². The minimum absolute atomic E-state index is 0.341. The lowest BCUT2D eigenvalue weighted by molar-refractivity contribution is -0.120. The molecule has 7 heteroatoms. The van der Waals surface area contributed by atoms with Crippen LogP contribution in [0.3, 0.4) is 0 Å². The number of esters is 1. The molecule has 0 bridgehead atoms. The van der Waals surface area contributed by atoms with Gasteiger partial charge in [-0.3, -0.25) is 9.59 Å². The van der Waals surface area contributed by atoms with Crippen molar-refractivity contribution in [1.29, 1.82) is 0 Å². The molecule has 0 radical (unpaired) electrons. The van der Waals surface area contributed by atoms with Crippen molar-refractivity contribution in [1.82, 2.24) is 0 Å². The summed E-state index contributed by atoms with van der Waals surface area (Å²) in [5.41, 5.74) is 0.781. The minimum atomic E-state index is -0.429. The number of hydrogen-bond acceptors (Lipinski definition) is 6. The quantitative estimate of drug-likeness (QED) is 0.298. The summed E-state index contributed by atoms with van der Waals surface area (Å²) in [6.07, 6.45) is 0.732. The van der Waals surface area contributed by atoms with Gasteiger partial charge in [0.1, 0.15) is 0 Å². The molecule has 0 spiro atoms. The lowest BCUT2D eigenvalue weighted by Gasteiger charge is -2.15. The molecular weight excluding hydrogens is 454 g/mol. The first kappa shape index (κ1) is 22.9. The molecule has 3 aromatic carbocycles. The first-order valence-corrected chi connectivity index (χ1v) is 12.1. The van der Waals surface area contributed by atoms with E-state index in [1.54, 1.807) is 24.3 Å². The van der Waals surface area contributed by atoms with Crippen molar-refractivity contribution in [3.05, 3.63) is 100 Å². The van der Waals surface area contributed by atoms with Crippen LogP contribution in [0.5, 0.6) is 0 Å². The molecule has 0 saturated carbocycles. The smallest absolute Gasteiger partial charge is 0.338 e. The first-order valence-electron chi connectivity index (χ1n) is 10.4. The van der Waals surface area contributed by atoms with Crippen LogP contribution in [0.15, 0.2) is 105 Å². The molecule has 0 aliphatic carbocycles. The van der Waals surface area contributed by atoms with E-state index in [4.69, 9.17) is 4.74 Å². The molecule has 33 heavy (non-hydrogen) atoms. The fourth-order valence-corrected chi connectivity index (χ4v) is 5.17. The zero-order valence-electron chi connectivity index (χ0n) is 17.9. The zero-order valence-corrected chi connectivity index (χ0v) is 19.5. The average molecular weight is 476 g/mol. The number of nitrogens with zero attached hydrogens (tertiary/aromatic N) is 1. The molecule has 1 aliphatic rings. The largest absolute Gasteiger partial charge is 0.462 e. The number of hydrogen-bond donors (Lipinski definition) is 0. The highest BCUT2D eigenvalue weighted by atomic mass is 32.2. The van der Waals surface area contributed by atoms with Gasteiger partial charge in [-0.1, -0.05) is 66.8 Å². The fourth-order valence-electron chi connectivity index (χ4n) is 3.14. The maximum Gasteiger partial charge on any atom is 0.338 e. The molecule has 1 heterocycles. The fraction of sp³-hybridized carbons (Fsp3) is 0.115. The van der Waals surface area contributed by atoms with Gasteiger partial charge in [0, 0.05) is 9.79 Å². The normalized spacial score (nSPS) is 13.5. The van der Waals surface area contributed by atoms with Crippen molar-refractivity contribution in [3.63, 3.8) is 0 Å².